The molecule has 1 N–H and O–H groups in total. The highest BCUT2D eigenvalue weighted by Crippen LogP contribution is 2.30. The van der Waals surface area contributed by atoms with Crippen molar-refractivity contribution in [3.8, 4) is 17.6 Å². The molecule has 1 heterocycles. The minimum absolute atomic E-state index is 0.0581. The molecule has 132 valence electrons. The standard InChI is InChI=1S/C19H16N2O4S/c1-3-8-21-18(22)14(12-20)10-13-6-7-15(16(11-13)24-2)25-19(23)17-5-4-9-26-17/h3-7,9-11H,1,8H2,2H3,(H,21,22)/b14-10+. The van der Waals surface area contributed by atoms with Gasteiger partial charge in [0.05, 0.1) is 7.11 Å². The van der Waals surface area contributed by atoms with Gasteiger partial charge >= 0.3 is 5.97 Å². The molecule has 1 aromatic carbocycles. The van der Waals surface area contributed by atoms with Crippen LogP contribution in [0.3, 0.4) is 0 Å². The van der Waals surface area contributed by atoms with Gasteiger partial charge in [0.25, 0.3) is 5.91 Å². The van der Waals surface area contributed by atoms with E-state index in [0.29, 0.717) is 16.2 Å². The van der Waals surface area contributed by atoms with Gasteiger partial charge in [-0.2, -0.15) is 5.26 Å². The average molecular weight is 368 g/mol. The quantitative estimate of drug-likeness (QED) is 0.267. The third-order valence-corrected chi connectivity index (χ3v) is 4.05. The molecule has 0 saturated heterocycles. The molecule has 6 nitrogen and oxygen atoms in total. The number of methoxy groups -OCH3 is 1. The number of esters is 1. The number of nitrogens with one attached hydrogen (secondary N) is 1. The lowest BCUT2D eigenvalue weighted by molar-refractivity contribution is -0.116. The van der Waals surface area contributed by atoms with Crippen LogP contribution in [0.5, 0.6) is 11.5 Å². The summed E-state index contributed by atoms with van der Waals surface area (Å²) in [5.41, 5.74) is 0.500. The molecule has 0 aliphatic rings. The van der Waals surface area contributed by atoms with E-state index in [2.05, 4.69) is 11.9 Å². The van der Waals surface area contributed by atoms with E-state index in [4.69, 9.17) is 14.7 Å². The maximum absolute atomic E-state index is 12.1. The molecule has 0 radical (unpaired) electrons. The van der Waals surface area contributed by atoms with Crippen LogP contribution in [0.2, 0.25) is 0 Å². The van der Waals surface area contributed by atoms with Gasteiger partial charge in [-0.15, -0.1) is 17.9 Å². The summed E-state index contributed by atoms with van der Waals surface area (Å²) in [7, 11) is 1.44. The Morgan fingerprint density at radius 1 is 1.35 bits per heavy atom. The van der Waals surface area contributed by atoms with Crippen molar-refractivity contribution in [1.29, 1.82) is 5.26 Å². The number of amides is 1. The number of benzene rings is 1. The molecule has 0 aliphatic carbocycles. The lowest BCUT2D eigenvalue weighted by atomic mass is 10.1. The Morgan fingerprint density at radius 2 is 2.15 bits per heavy atom. The second-order valence-electron chi connectivity index (χ2n) is 4.95. The van der Waals surface area contributed by atoms with Gasteiger partial charge in [-0.25, -0.2) is 4.79 Å². The van der Waals surface area contributed by atoms with Gasteiger partial charge in [0.15, 0.2) is 11.5 Å². The Kier molecular flexibility index (Phi) is 6.71. The highest BCUT2D eigenvalue weighted by Gasteiger charge is 2.14. The Balaban J connectivity index is 2.23. The number of nitrogens with zero attached hydrogens (tertiary/aromatic N) is 1. The Morgan fingerprint density at radius 3 is 2.77 bits per heavy atom. The van der Waals surface area contributed by atoms with Crippen LogP contribution < -0.4 is 14.8 Å². The summed E-state index contributed by atoms with van der Waals surface area (Å²) in [6.07, 6.45) is 2.94. The number of thiophene rings is 1. The zero-order chi connectivity index (χ0) is 18.9. The minimum Gasteiger partial charge on any atom is -0.493 e. The molecular formula is C19H16N2O4S. The second-order valence-corrected chi connectivity index (χ2v) is 5.89. The highest BCUT2D eigenvalue weighted by molar-refractivity contribution is 7.12. The van der Waals surface area contributed by atoms with Crippen molar-refractivity contribution < 1.29 is 19.1 Å². The van der Waals surface area contributed by atoms with E-state index in [1.807, 2.05) is 6.07 Å². The van der Waals surface area contributed by atoms with Gasteiger partial charge in [-0.1, -0.05) is 18.2 Å². The predicted molar refractivity (Wildman–Crippen MR) is 99.1 cm³/mol. The number of rotatable bonds is 7. The maximum Gasteiger partial charge on any atom is 0.353 e. The minimum atomic E-state index is -0.500. The molecule has 2 rings (SSSR count). The van der Waals surface area contributed by atoms with E-state index < -0.39 is 11.9 Å². The van der Waals surface area contributed by atoms with Gasteiger partial charge in [0.2, 0.25) is 0 Å². The molecule has 2 aromatic rings. The van der Waals surface area contributed by atoms with E-state index in [9.17, 15) is 9.59 Å². The fourth-order valence-electron chi connectivity index (χ4n) is 1.98. The van der Waals surface area contributed by atoms with Gasteiger partial charge in [-0.3, -0.25) is 4.79 Å². The van der Waals surface area contributed by atoms with Crippen LogP contribution >= 0.6 is 11.3 Å². The van der Waals surface area contributed by atoms with Crippen LogP contribution in [0, 0.1) is 11.3 Å². The van der Waals surface area contributed by atoms with Crippen LogP contribution in [-0.4, -0.2) is 25.5 Å². The van der Waals surface area contributed by atoms with Crippen molar-refractivity contribution in [3.05, 3.63) is 64.4 Å². The number of hydrogen-bond donors (Lipinski definition) is 1. The van der Waals surface area contributed by atoms with E-state index in [1.165, 1.54) is 30.6 Å². The first-order valence-electron chi connectivity index (χ1n) is 7.53. The largest absolute Gasteiger partial charge is 0.493 e. The van der Waals surface area contributed by atoms with Crippen LogP contribution in [0.25, 0.3) is 6.08 Å². The van der Waals surface area contributed by atoms with Crippen molar-refractivity contribution >= 4 is 29.3 Å². The lowest BCUT2D eigenvalue weighted by Crippen LogP contribution is -2.24. The normalized spacial score (nSPS) is 10.5. The van der Waals surface area contributed by atoms with Crippen LogP contribution in [0.1, 0.15) is 15.2 Å². The first kappa shape index (κ1) is 19.0. The summed E-state index contributed by atoms with van der Waals surface area (Å²) in [5.74, 6) is -0.423. The zero-order valence-corrected chi connectivity index (χ0v) is 14.8. The Labute approximate surface area is 155 Å². The topological polar surface area (TPSA) is 88.4 Å². The van der Waals surface area contributed by atoms with Gasteiger partial charge in [0, 0.05) is 6.54 Å². The SMILES string of the molecule is C=CCNC(=O)/C(C#N)=C/c1ccc(OC(=O)c2cccs2)c(OC)c1. The third kappa shape index (κ3) is 4.82. The monoisotopic (exact) mass is 368 g/mol. The second kappa shape index (κ2) is 9.20. The smallest absolute Gasteiger partial charge is 0.353 e. The molecular weight excluding hydrogens is 352 g/mol. The van der Waals surface area contributed by atoms with Crippen LogP contribution in [-0.2, 0) is 4.79 Å². The molecule has 0 spiro atoms. The molecule has 0 atom stereocenters. The van der Waals surface area contributed by atoms with Crippen molar-refractivity contribution in [2.45, 2.75) is 0 Å². The predicted octanol–water partition coefficient (Wildman–Crippen LogP) is 3.19. The number of carbonyl (C=O) groups is 2. The summed E-state index contributed by atoms with van der Waals surface area (Å²) in [5, 5.41) is 13.5. The fraction of sp³-hybridized carbons (Fsp3) is 0.105. The molecule has 1 amide bonds. The van der Waals surface area contributed by atoms with Crippen molar-refractivity contribution in [2.24, 2.45) is 0 Å². The number of ether oxygens (including phenoxy) is 2. The molecule has 0 saturated carbocycles. The van der Waals surface area contributed by atoms with Crippen molar-refractivity contribution in [3.63, 3.8) is 0 Å². The van der Waals surface area contributed by atoms with E-state index in [-0.39, 0.29) is 17.9 Å². The van der Waals surface area contributed by atoms with Crippen LogP contribution in [0.15, 0.2) is 53.9 Å². The zero-order valence-electron chi connectivity index (χ0n) is 14.0. The molecule has 1 aromatic heterocycles. The molecule has 0 bridgehead atoms. The summed E-state index contributed by atoms with van der Waals surface area (Å²) in [6.45, 7) is 3.76. The van der Waals surface area contributed by atoms with Crippen molar-refractivity contribution in [2.75, 3.05) is 13.7 Å². The summed E-state index contributed by atoms with van der Waals surface area (Å²) >= 11 is 1.28. The summed E-state index contributed by atoms with van der Waals surface area (Å²) in [4.78, 5) is 24.4. The number of hydrogen-bond acceptors (Lipinski definition) is 6. The molecule has 26 heavy (non-hydrogen) atoms. The van der Waals surface area contributed by atoms with Crippen molar-refractivity contribution in [1.82, 2.24) is 5.32 Å². The van der Waals surface area contributed by atoms with E-state index in [0.717, 1.165) is 0 Å². The Hall–Kier alpha value is -3.37. The van der Waals surface area contributed by atoms with E-state index >= 15 is 0 Å². The van der Waals surface area contributed by atoms with Gasteiger partial charge in [0.1, 0.15) is 16.5 Å². The average Bonchev–Trinajstić information content (AvgIpc) is 3.19. The first-order chi connectivity index (χ1) is 12.6. The maximum atomic E-state index is 12.1. The Bertz CT molecular complexity index is 879. The summed E-state index contributed by atoms with van der Waals surface area (Å²) < 4.78 is 10.6. The lowest BCUT2D eigenvalue weighted by Gasteiger charge is -2.09. The first-order valence-corrected chi connectivity index (χ1v) is 8.41. The number of carbonyl (C=O) groups excluding carboxylic acids is 2. The molecule has 7 heteroatoms. The number of nitriles is 1. The van der Waals surface area contributed by atoms with Crippen LogP contribution in [0.4, 0.5) is 0 Å². The highest BCUT2D eigenvalue weighted by atomic mass is 32.1. The molecule has 0 aliphatic heterocycles. The third-order valence-electron chi connectivity index (χ3n) is 3.20. The summed E-state index contributed by atoms with van der Waals surface area (Å²) in [6, 6.07) is 10.0. The fourth-order valence-corrected chi connectivity index (χ4v) is 2.58. The molecule has 0 fully saturated rings. The van der Waals surface area contributed by atoms with Gasteiger partial charge < -0.3 is 14.8 Å². The van der Waals surface area contributed by atoms with Gasteiger partial charge in [-0.05, 0) is 35.2 Å². The van der Waals surface area contributed by atoms with E-state index in [1.54, 1.807) is 35.7 Å². The molecule has 0 unspecified atom stereocenters.